The Morgan fingerprint density at radius 1 is 1.20 bits per heavy atom. The van der Waals surface area contributed by atoms with E-state index in [1.807, 2.05) is 44.3 Å². The Morgan fingerprint density at radius 3 is 2.68 bits per heavy atom. The van der Waals surface area contributed by atoms with Crippen molar-refractivity contribution in [1.82, 2.24) is 25.2 Å². The molecule has 1 atom stereocenters. The molecule has 3 aromatic rings. The van der Waals surface area contributed by atoms with Crippen molar-refractivity contribution >= 4 is 12.4 Å². The number of benzene rings is 1. The van der Waals surface area contributed by atoms with Crippen LogP contribution in [-0.2, 0) is 13.0 Å². The summed E-state index contributed by atoms with van der Waals surface area (Å²) in [6, 6.07) is 13.1. The van der Waals surface area contributed by atoms with E-state index in [2.05, 4.69) is 20.6 Å². The van der Waals surface area contributed by atoms with E-state index in [-0.39, 0.29) is 30.6 Å². The van der Waals surface area contributed by atoms with Gasteiger partial charge in [-0.3, -0.25) is 4.79 Å². The van der Waals surface area contributed by atoms with E-state index >= 15 is 0 Å². The maximum Gasteiger partial charge on any atom is 0.267 e. The molecule has 2 heterocycles. The molecule has 0 amide bonds. The van der Waals surface area contributed by atoms with E-state index < -0.39 is 0 Å². The summed E-state index contributed by atoms with van der Waals surface area (Å²) in [6.45, 7) is 2.19. The molecule has 7 nitrogen and oxygen atoms in total. The van der Waals surface area contributed by atoms with Crippen LogP contribution in [0.2, 0.25) is 0 Å². The summed E-state index contributed by atoms with van der Waals surface area (Å²) in [4.78, 5) is 16.4. The van der Waals surface area contributed by atoms with E-state index in [9.17, 15) is 4.79 Å². The normalized spacial score (nSPS) is 11.8. The molecule has 0 bridgehead atoms. The Kier molecular flexibility index (Phi) is 6.44. The van der Waals surface area contributed by atoms with Gasteiger partial charge in [0.1, 0.15) is 6.54 Å². The van der Waals surface area contributed by atoms with Crippen LogP contribution in [-0.4, -0.2) is 33.0 Å². The van der Waals surface area contributed by atoms with Crippen molar-refractivity contribution in [2.75, 3.05) is 7.05 Å². The third-order valence-electron chi connectivity index (χ3n) is 3.71. The van der Waals surface area contributed by atoms with E-state index in [1.165, 1.54) is 10.7 Å². The number of nitrogens with one attached hydrogen (secondary N) is 1. The molecule has 1 N–H and O–H groups in total. The van der Waals surface area contributed by atoms with Crippen LogP contribution in [0.25, 0.3) is 11.3 Å². The molecule has 8 heteroatoms. The molecule has 0 saturated carbocycles. The zero-order valence-corrected chi connectivity index (χ0v) is 14.9. The van der Waals surface area contributed by atoms with Crippen molar-refractivity contribution in [2.24, 2.45) is 0 Å². The standard InChI is InChI=1S/C17H19N5O2.ClH/c1-12(18-2)10-15-19-16(24-21-15)11-22-17(23)9-8-14(20-22)13-6-4-3-5-7-13;/h3-9,12,18H,10-11H2,1-2H3;1H. The van der Waals surface area contributed by atoms with Crippen LogP contribution in [0, 0.1) is 0 Å². The third-order valence-corrected chi connectivity index (χ3v) is 3.71. The van der Waals surface area contributed by atoms with Gasteiger partial charge in [-0.1, -0.05) is 35.5 Å². The van der Waals surface area contributed by atoms with Crippen molar-refractivity contribution in [1.29, 1.82) is 0 Å². The quantitative estimate of drug-likeness (QED) is 0.721. The molecule has 3 rings (SSSR count). The maximum absolute atomic E-state index is 12.0. The molecule has 1 unspecified atom stereocenters. The van der Waals surface area contributed by atoms with E-state index in [4.69, 9.17) is 4.52 Å². The third kappa shape index (κ3) is 4.74. The first-order valence-electron chi connectivity index (χ1n) is 7.78. The molecule has 2 aromatic heterocycles. The molecule has 0 aliphatic carbocycles. The summed E-state index contributed by atoms with van der Waals surface area (Å²) in [5.41, 5.74) is 1.46. The van der Waals surface area contributed by atoms with Gasteiger partial charge in [-0.05, 0) is 20.0 Å². The predicted molar refractivity (Wildman–Crippen MR) is 96.8 cm³/mol. The largest absolute Gasteiger partial charge is 0.337 e. The molecular weight excluding hydrogens is 342 g/mol. The highest BCUT2D eigenvalue weighted by Crippen LogP contribution is 2.14. The van der Waals surface area contributed by atoms with E-state index in [0.717, 1.165) is 11.3 Å². The van der Waals surface area contributed by atoms with Crippen LogP contribution >= 0.6 is 12.4 Å². The zero-order chi connectivity index (χ0) is 16.9. The van der Waals surface area contributed by atoms with Gasteiger partial charge in [0.25, 0.3) is 5.56 Å². The number of hydrogen-bond acceptors (Lipinski definition) is 6. The topological polar surface area (TPSA) is 85.8 Å². The molecule has 0 radical (unpaired) electrons. The van der Waals surface area contributed by atoms with Crippen molar-refractivity contribution < 1.29 is 4.52 Å². The van der Waals surface area contributed by atoms with E-state index in [0.29, 0.717) is 18.1 Å². The van der Waals surface area contributed by atoms with Gasteiger partial charge in [0.05, 0.1) is 5.69 Å². The van der Waals surface area contributed by atoms with Crippen molar-refractivity contribution in [3.05, 3.63) is 64.5 Å². The monoisotopic (exact) mass is 361 g/mol. The SMILES string of the molecule is CNC(C)Cc1noc(Cn2nc(-c3ccccc3)ccc2=O)n1.Cl. The summed E-state index contributed by atoms with van der Waals surface area (Å²) in [5, 5.41) is 11.4. The van der Waals surface area contributed by atoms with Gasteiger partial charge in [0.2, 0.25) is 5.89 Å². The Labute approximate surface area is 151 Å². The average molecular weight is 362 g/mol. The van der Waals surface area contributed by atoms with Crippen molar-refractivity contribution in [2.45, 2.75) is 25.9 Å². The van der Waals surface area contributed by atoms with Crippen LogP contribution < -0.4 is 10.9 Å². The predicted octanol–water partition coefficient (Wildman–Crippen LogP) is 1.91. The number of aromatic nitrogens is 4. The lowest BCUT2D eigenvalue weighted by Gasteiger charge is -2.05. The van der Waals surface area contributed by atoms with Crippen molar-refractivity contribution in [3.63, 3.8) is 0 Å². The highest BCUT2D eigenvalue weighted by atomic mass is 35.5. The first-order valence-corrected chi connectivity index (χ1v) is 7.78. The van der Waals surface area contributed by atoms with Crippen LogP contribution in [0.15, 0.2) is 51.8 Å². The van der Waals surface area contributed by atoms with Crippen LogP contribution in [0.4, 0.5) is 0 Å². The van der Waals surface area contributed by atoms with Gasteiger partial charge in [-0.2, -0.15) is 10.1 Å². The second-order valence-corrected chi connectivity index (χ2v) is 5.58. The smallest absolute Gasteiger partial charge is 0.267 e. The molecule has 0 saturated heterocycles. The first-order chi connectivity index (χ1) is 11.7. The van der Waals surface area contributed by atoms with Crippen LogP contribution in [0.5, 0.6) is 0 Å². The fourth-order valence-electron chi connectivity index (χ4n) is 2.27. The summed E-state index contributed by atoms with van der Waals surface area (Å²) in [5.74, 6) is 0.979. The fourth-order valence-corrected chi connectivity index (χ4v) is 2.27. The molecule has 132 valence electrons. The highest BCUT2D eigenvalue weighted by Gasteiger charge is 2.11. The summed E-state index contributed by atoms with van der Waals surface area (Å²) in [6.07, 6.45) is 0.659. The van der Waals surface area contributed by atoms with Gasteiger partial charge in [-0.15, -0.1) is 12.4 Å². The average Bonchev–Trinajstić information content (AvgIpc) is 3.04. The minimum Gasteiger partial charge on any atom is -0.337 e. The Bertz CT molecular complexity index is 863. The van der Waals surface area contributed by atoms with Gasteiger partial charge >= 0.3 is 0 Å². The number of rotatable bonds is 6. The molecule has 1 aromatic carbocycles. The summed E-state index contributed by atoms with van der Waals surface area (Å²) >= 11 is 0. The fraction of sp³-hybridized carbons (Fsp3) is 0.294. The highest BCUT2D eigenvalue weighted by molar-refractivity contribution is 5.85. The maximum atomic E-state index is 12.0. The molecule has 0 spiro atoms. The van der Waals surface area contributed by atoms with Gasteiger partial charge in [-0.25, -0.2) is 4.68 Å². The Balaban J connectivity index is 0.00000225. The lowest BCUT2D eigenvalue weighted by Crippen LogP contribution is -2.24. The van der Waals surface area contributed by atoms with Gasteiger partial charge < -0.3 is 9.84 Å². The number of halogens is 1. The number of nitrogens with zero attached hydrogens (tertiary/aromatic N) is 4. The minimum atomic E-state index is -0.210. The van der Waals surface area contributed by atoms with Crippen LogP contribution in [0.3, 0.4) is 0 Å². The lowest BCUT2D eigenvalue weighted by atomic mass is 10.1. The second kappa shape index (κ2) is 8.55. The molecule has 25 heavy (non-hydrogen) atoms. The molecular formula is C17H20ClN5O2. The van der Waals surface area contributed by atoms with Gasteiger partial charge in [0, 0.05) is 24.1 Å². The minimum absolute atomic E-state index is 0. The zero-order valence-electron chi connectivity index (χ0n) is 14.0. The molecule has 0 fully saturated rings. The molecule has 0 aliphatic heterocycles. The lowest BCUT2D eigenvalue weighted by molar-refractivity contribution is 0.357. The Morgan fingerprint density at radius 2 is 1.96 bits per heavy atom. The Hall–Kier alpha value is -2.51. The van der Waals surface area contributed by atoms with Gasteiger partial charge in [0.15, 0.2) is 5.82 Å². The van der Waals surface area contributed by atoms with Crippen LogP contribution in [0.1, 0.15) is 18.6 Å². The second-order valence-electron chi connectivity index (χ2n) is 5.58. The summed E-state index contributed by atoms with van der Waals surface area (Å²) in [7, 11) is 1.88. The number of likely N-dealkylation sites (N-methyl/N-ethyl adjacent to an activating group) is 1. The number of hydrogen-bond donors (Lipinski definition) is 1. The first kappa shape index (κ1) is 18.8. The van der Waals surface area contributed by atoms with E-state index in [1.54, 1.807) is 6.07 Å². The van der Waals surface area contributed by atoms with Crippen molar-refractivity contribution in [3.8, 4) is 11.3 Å². The molecule has 0 aliphatic rings. The summed E-state index contributed by atoms with van der Waals surface area (Å²) < 4.78 is 6.56.